The third-order valence-corrected chi connectivity index (χ3v) is 5.53. The lowest BCUT2D eigenvalue weighted by molar-refractivity contribution is 0.0708. The molecule has 132 valence electrons. The van der Waals surface area contributed by atoms with Gasteiger partial charge >= 0.3 is 0 Å². The summed E-state index contributed by atoms with van der Waals surface area (Å²) in [4.78, 5) is 15.0. The highest BCUT2D eigenvalue weighted by atomic mass is 16.4. The number of carbonyl (C=O) groups is 1. The number of fused-ring (bicyclic) bond motifs is 1. The summed E-state index contributed by atoms with van der Waals surface area (Å²) in [5.74, 6) is 2.43. The first kappa shape index (κ1) is 15.6. The van der Waals surface area contributed by atoms with Gasteiger partial charge in [-0.05, 0) is 42.5 Å². The van der Waals surface area contributed by atoms with Gasteiger partial charge in [0, 0.05) is 30.5 Å². The van der Waals surface area contributed by atoms with Gasteiger partial charge in [-0.15, -0.1) is 10.2 Å². The summed E-state index contributed by atoms with van der Waals surface area (Å²) >= 11 is 0. The highest BCUT2D eigenvalue weighted by molar-refractivity contribution is 6.07. The molecule has 2 heterocycles. The zero-order valence-corrected chi connectivity index (χ0v) is 14.6. The Balaban J connectivity index is 1.30. The lowest BCUT2D eigenvalue weighted by Crippen LogP contribution is -2.38. The van der Waals surface area contributed by atoms with Gasteiger partial charge in [-0.1, -0.05) is 36.4 Å². The van der Waals surface area contributed by atoms with E-state index in [-0.39, 0.29) is 11.8 Å². The van der Waals surface area contributed by atoms with Crippen molar-refractivity contribution in [2.45, 2.75) is 37.5 Å². The summed E-state index contributed by atoms with van der Waals surface area (Å²) in [6, 6.07) is 14.0. The molecule has 2 aromatic carbocycles. The second-order valence-corrected chi connectivity index (χ2v) is 7.35. The fourth-order valence-electron chi connectivity index (χ4n) is 3.82. The van der Waals surface area contributed by atoms with E-state index in [4.69, 9.17) is 4.42 Å². The largest absolute Gasteiger partial charge is 0.425 e. The van der Waals surface area contributed by atoms with Crippen LogP contribution in [0.5, 0.6) is 0 Å². The van der Waals surface area contributed by atoms with E-state index in [1.54, 1.807) is 0 Å². The van der Waals surface area contributed by atoms with Crippen LogP contribution >= 0.6 is 0 Å². The van der Waals surface area contributed by atoms with E-state index in [9.17, 15) is 4.79 Å². The molecule has 3 aromatic rings. The molecule has 5 heteroatoms. The molecule has 1 saturated heterocycles. The second-order valence-electron chi connectivity index (χ2n) is 7.35. The van der Waals surface area contributed by atoms with E-state index in [0.29, 0.717) is 5.92 Å². The van der Waals surface area contributed by atoms with Gasteiger partial charge in [0.2, 0.25) is 11.8 Å². The van der Waals surface area contributed by atoms with E-state index in [1.165, 1.54) is 12.8 Å². The Hall–Kier alpha value is -2.69. The Morgan fingerprint density at radius 3 is 2.27 bits per heavy atom. The quantitative estimate of drug-likeness (QED) is 0.715. The number of benzene rings is 2. The molecule has 5 nitrogen and oxygen atoms in total. The summed E-state index contributed by atoms with van der Waals surface area (Å²) in [5, 5.41) is 10.6. The molecule has 1 aliphatic heterocycles. The van der Waals surface area contributed by atoms with Crippen LogP contribution in [0.2, 0.25) is 0 Å². The zero-order chi connectivity index (χ0) is 17.5. The predicted octanol–water partition coefficient (Wildman–Crippen LogP) is 4.12. The molecule has 5 rings (SSSR count). The van der Waals surface area contributed by atoms with Gasteiger partial charge in [-0.3, -0.25) is 4.79 Å². The van der Waals surface area contributed by atoms with Crippen molar-refractivity contribution in [1.82, 2.24) is 15.1 Å². The summed E-state index contributed by atoms with van der Waals surface area (Å²) in [7, 11) is 0. The van der Waals surface area contributed by atoms with Crippen LogP contribution in [0.4, 0.5) is 0 Å². The maximum absolute atomic E-state index is 13.0. The van der Waals surface area contributed by atoms with E-state index in [2.05, 4.69) is 10.2 Å². The molecule has 2 fully saturated rings. The van der Waals surface area contributed by atoms with Crippen LogP contribution in [-0.4, -0.2) is 34.1 Å². The standard InChI is InChI=1S/C21H21N3O2/c25-21(18-7-3-5-14-4-1-2-6-17(14)18)24-12-10-16(11-13-24)20-23-22-19(26-20)15-8-9-15/h1-7,15-16H,8-13H2. The van der Waals surface area contributed by atoms with Crippen LogP contribution in [-0.2, 0) is 0 Å². The monoisotopic (exact) mass is 347 g/mol. The molecular weight excluding hydrogens is 326 g/mol. The van der Waals surface area contributed by atoms with Crippen molar-refractivity contribution in [1.29, 1.82) is 0 Å². The molecular formula is C21H21N3O2. The van der Waals surface area contributed by atoms with E-state index < -0.39 is 0 Å². The van der Waals surface area contributed by atoms with Crippen molar-refractivity contribution in [3.05, 3.63) is 59.8 Å². The smallest absolute Gasteiger partial charge is 0.254 e. The van der Waals surface area contributed by atoms with Crippen molar-refractivity contribution in [2.24, 2.45) is 0 Å². The third kappa shape index (κ3) is 2.77. The van der Waals surface area contributed by atoms with Crippen molar-refractivity contribution >= 4 is 16.7 Å². The number of aromatic nitrogens is 2. The summed E-state index contributed by atoms with van der Waals surface area (Å²) in [5.41, 5.74) is 0.787. The van der Waals surface area contributed by atoms with E-state index >= 15 is 0 Å². The first-order chi connectivity index (χ1) is 12.8. The first-order valence-electron chi connectivity index (χ1n) is 9.40. The molecule has 0 bridgehead atoms. The molecule has 0 radical (unpaired) electrons. The van der Waals surface area contributed by atoms with Gasteiger partial charge < -0.3 is 9.32 Å². The SMILES string of the molecule is O=C(c1cccc2ccccc12)N1CCC(c2nnc(C3CC3)o2)CC1. The van der Waals surface area contributed by atoms with Gasteiger partial charge in [-0.2, -0.15) is 0 Å². The van der Waals surface area contributed by atoms with Crippen LogP contribution < -0.4 is 0 Å². The van der Waals surface area contributed by atoms with Crippen molar-refractivity contribution in [2.75, 3.05) is 13.1 Å². The number of carbonyl (C=O) groups excluding carboxylic acids is 1. The minimum atomic E-state index is 0.115. The summed E-state index contributed by atoms with van der Waals surface area (Å²) in [6.45, 7) is 1.46. The van der Waals surface area contributed by atoms with Crippen molar-refractivity contribution in [3.63, 3.8) is 0 Å². The van der Waals surface area contributed by atoms with Crippen LogP contribution in [0.3, 0.4) is 0 Å². The van der Waals surface area contributed by atoms with Crippen molar-refractivity contribution < 1.29 is 9.21 Å². The molecule has 0 N–H and O–H groups in total. The Morgan fingerprint density at radius 2 is 1.54 bits per heavy atom. The van der Waals surface area contributed by atoms with E-state index in [0.717, 1.165) is 54.0 Å². The fraction of sp³-hybridized carbons (Fsp3) is 0.381. The normalized spacial score (nSPS) is 18.4. The molecule has 2 aliphatic rings. The Labute approximate surface area is 152 Å². The van der Waals surface area contributed by atoms with Crippen molar-refractivity contribution in [3.8, 4) is 0 Å². The number of piperidine rings is 1. The lowest BCUT2D eigenvalue weighted by atomic mass is 9.95. The number of hydrogen-bond donors (Lipinski definition) is 0. The molecule has 1 aromatic heterocycles. The maximum Gasteiger partial charge on any atom is 0.254 e. The number of nitrogens with zero attached hydrogens (tertiary/aromatic N) is 3. The average molecular weight is 347 g/mol. The molecule has 1 amide bonds. The second kappa shape index (κ2) is 6.24. The number of likely N-dealkylation sites (tertiary alicyclic amines) is 1. The molecule has 1 aliphatic carbocycles. The average Bonchev–Trinajstić information content (AvgIpc) is 3.44. The number of amides is 1. The van der Waals surface area contributed by atoms with Crippen LogP contribution in [0.15, 0.2) is 46.9 Å². The highest BCUT2D eigenvalue weighted by Crippen LogP contribution is 2.40. The predicted molar refractivity (Wildman–Crippen MR) is 98.1 cm³/mol. The van der Waals surface area contributed by atoms with Gasteiger partial charge in [0.05, 0.1) is 0 Å². The Bertz CT molecular complexity index is 947. The maximum atomic E-state index is 13.0. The van der Waals surface area contributed by atoms with Gasteiger partial charge in [-0.25, -0.2) is 0 Å². The zero-order valence-electron chi connectivity index (χ0n) is 14.6. The fourth-order valence-corrected chi connectivity index (χ4v) is 3.82. The van der Waals surface area contributed by atoms with E-state index in [1.807, 2.05) is 47.4 Å². The first-order valence-corrected chi connectivity index (χ1v) is 9.40. The minimum absolute atomic E-state index is 0.115. The van der Waals surface area contributed by atoms with Crippen LogP contribution in [0, 0.1) is 0 Å². The molecule has 26 heavy (non-hydrogen) atoms. The molecule has 0 unspecified atom stereocenters. The number of hydrogen-bond acceptors (Lipinski definition) is 4. The molecule has 0 atom stereocenters. The highest BCUT2D eigenvalue weighted by Gasteiger charge is 2.32. The topological polar surface area (TPSA) is 59.2 Å². The number of rotatable bonds is 3. The third-order valence-electron chi connectivity index (χ3n) is 5.53. The molecule has 0 spiro atoms. The van der Waals surface area contributed by atoms with Crippen LogP contribution in [0.1, 0.15) is 59.7 Å². The van der Waals surface area contributed by atoms with Gasteiger partial charge in [0.15, 0.2) is 0 Å². The van der Waals surface area contributed by atoms with Gasteiger partial charge in [0.1, 0.15) is 0 Å². The summed E-state index contributed by atoms with van der Waals surface area (Å²) in [6.07, 6.45) is 4.09. The Kier molecular flexibility index (Phi) is 3.73. The molecule has 1 saturated carbocycles. The van der Waals surface area contributed by atoms with Gasteiger partial charge in [0.25, 0.3) is 5.91 Å². The lowest BCUT2D eigenvalue weighted by Gasteiger charge is -2.30. The van der Waals surface area contributed by atoms with Crippen LogP contribution in [0.25, 0.3) is 10.8 Å². The minimum Gasteiger partial charge on any atom is -0.425 e. The summed E-state index contributed by atoms with van der Waals surface area (Å²) < 4.78 is 5.86. The Morgan fingerprint density at radius 1 is 0.885 bits per heavy atom.